The molecular formula is C12H12ClF4N. The first-order chi connectivity index (χ1) is 8.29. The van der Waals surface area contributed by atoms with Crippen LogP contribution in [0.1, 0.15) is 30.0 Å². The minimum atomic E-state index is -4.66. The second kappa shape index (κ2) is 5.71. The number of benzene rings is 1. The maximum Gasteiger partial charge on any atom is 0.416 e. The smallest absolute Gasteiger partial charge is 0.324 e. The van der Waals surface area contributed by atoms with Crippen molar-refractivity contribution in [2.75, 3.05) is 0 Å². The van der Waals surface area contributed by atoms with Gasteiger partial charge in [-0.15, -0.1) is 6.58 Å². The summed E-state index contributed by atoms with van der Waals surface area (Å²) in [4.78, 5) is 0. The SMILES string of the molecule is C=CCC[C@H](N)c1c(C(F)(F)F)ccc(Cl)c1F. The number of hydrogen-bond acceptors (Lipinski definition) is 1. The standard InChI is InChI=1S/C12H12ClF4N/c1-2-3-4-9(18)10-7(12(15,16)17)5-6-8(13)11(10)14/h2,5-6,9H,1,3-4,18H2/t9-/m0/s1. The molecule has 1 nitrogen and oxygen atoms in total. The highest BCUT2D eigenvalue weighted by molar-refractivity contribution is 6.30. The van der Waals surface area contributed by atoms with Crippen LogP contribution in [0.3, 0.4) is 0 Å². The van der Waals surface area contributed by atoms with Gasteiger partial charge in [-0.1, -0.05) is 17.7 Å². The number of nitrogens with two attached hydrogens (primary N) is 1. The molecule has 0 heterocycles. The Kier molecular flexibility index (Phi) is 4.76. The van der Waals surface area contributed by atoms with Crippen LogP contribution in [0, 0.1) is 5.82 Å². The predicted molar refractivity (Wildman–Crippen MR) is 62.8 cm³/mol. The summed E-state index contributed by atoms with van der Waals surface area (Å²) in [5.41, 5.74) is 3.93. The molecule has 0 saturated heterocycles. The quantitative estimate of drug-likeness (QED) is 0.640. The average Bonchev–Trinajstić information content (AvgIpc) is 2.27. The van der Waals surface area contributed by atoms with E-state index in [1.165, 1.54) is 6.08 Å². The predicted octanol–water partition coefficient (Wildman–Crippen LogP) is 4.46. The van der Waals surface area contributed by atoms with Crippen molar-refractivity contribution >= 4 is 11.6 Å². The summed E-state index contributed by atoms with van der Waals surface area (Å²) in [6.45, 7) is 3.44. The molecule has 0 aliphatic carbocycles. The first kappa shape index (κ1) is 15.0. The maximum atomic E-state index is 13.7. The third-order valence-corrected chi connectivity index (χ3v) is 2.78. The van der Waals surface area contributed by atoms with Crippen LogP contribution in [0.15, 0.2) is 24.8 Å². The van der Waals surface area contributed by atoms with Gasteiger partial charge in [0.15, 0.2) is 0 Å². The van der Waals surface area contributed by atoms with Gasteiger partial charge < -0.3 is 5.73 Å². The van der Waals surface area contributed by atoms with E-state index in [9.17, 15) is 17.6 Å². The van der Waals surface area contributed by atoms with Gasteiger partial charge in [-0.3, -0.25) is 0 Å². The molecule has 1 rings (SSSR count). The Morgan fingerprint density at radius 1 is 1.39 bits per heavy atom. The molecule has 0 bridgehead atoms. The normalized spacial score (nSPS) is 13.4. The Morgan fingerprint density at radius 2 is 2.00 bits per heavy atom. The van der Waals surface area contributed by atoms with Crippen LogP contribution in [0.2, 0.25) is 5.02 Å². The van der Waals surface area contributed by atoms with Crippen molar-refractivity contribution in [1.29, 1.82) is 0 Å². The van der Waals surface area contributed by atoms with Gasteiger partial charge in [-0.05, 0) is 25.0 Å². The molecular weight excluding hydrogens is 270 g/mol. The molecule has 0 radical (unpaired) electrons. The van der Waals surface area contributed by atoms with Gasteiger partial charge in [0.25, 0.3) is 0 Å². The first-order valence-corrected chi connectivity index (χ1v) is 5.58. The number of allylic oxidation sites excluding steroid dienone is 1. The summed E-state index contributed by atoms with van der Waals surface area (Å²) in [5, 5.41) is -0.368. The fourth-order valence-electron chi connectivity index (χ4n) is 1.62. The van der Waals surface area contributed by atoms with E-state index in [2.05, 4.69) is 6.58 Å². The molecule has 0 spiro atoms. The molecule has 6 heteroatoms. The van der Waals surface area contributed by atoms with Crippen LogP contribution in [0.25, 0.3) is 0 Å². The van der Waals surface area contributed by atoms with Gasteiger partial charge >= 0.3 is 6.18 Å². The van der Waals surface area contributed by atoms with Crippen molar-refractivity contribution < 1.29 is 17.6 Å². The zero-order chi connectivity index (χ0) is 13.9. The Balaban J connectivity index is 3.29. The lowest BCUT2D eigenvalue weighted by molar-refractivity contribution is -0.138. The highest BCUT2D eigenvalue weighted by atomic mass is 35.5. The fraction of sp³-hybridized carbons (Fsp3) is 0.333. The third-order valence-electron chi connectivity index (χ3n) is 2.49. The van der Waals surface area contributed by atoms with Crippen molar-refractivity contribution in [2.24, 2.45) is 5.73 Å². The van der Waals surface area contributed by atoms with Gasteiger partial charge in [0, 0.05) is 11.6 Å². The second-order valence-electron chi connectivity index (χ2n) is 3.79. The Hall–Kier alpha value is -1.07. The third kappa shape index (κ3) is 3.23. The van der Waals surface area contributed by atoms with Crippen molar-refractivity contribution in [2.45, 2.75) is 25.1 Å². The maximum absolute atomic E-state index is 13.7. The van der Waals surface area contributed by atoms with Crippen LogP contribution in [-0.4, -0.2) is 0 Å². The van der Waals surface area contributed by atoms with Gasteiger partial charge in [0.1, 0.15) is 5.82 Å². The van der Waals surface area contributed by atoms with E-state index in [4.69, 9.17) is 17.3 Å². The van der Waals surface area contributed by atoms with E-state index in [0.29, 0.717) is 6.42 Å². The zero-order valence-corrected chi connectivity index (χ0v) is 10.2. The Bertz CT molecular complexity index is 442. The molecule has 1 atom stereocenters. The van der Waals surface area contributed by atoms with E-state index in [-0.39, 0.29) is 11.4 Å². The van der Waals surface area contributed by atoms with E-state index in [1.807, 2.05) is 0 Å². The molecule has 0 saturated carbocycles. The summed E-state index contributed by atoms with van der Waals surface area (Å²) < 4.78 is 52.0. The van der Waals surface area contributed by atoms with Gasteiger partial charge in [-0.25, -0.2) is 4.39 Å². The average molecular weight is 282 g/mol. The minimum absolute atomic E-state index is 0.170. The molecule has 1 aromatic rings. The summed E-state index contributed by atoms with van der Waals surface area (Å²) in [7, 11) is 0. The number of hydrogen-bond donors (Lipinski definition) is 1. The van der Waals surface area contributed by atoms with Crippen LogP contribution in [0.4, 0.5) is 17.6 Å². The van der Waals surface area contributed by atoms with Crippen LogP contribution >= 0.6 is 11.6 Å². The van der Waals surface area contributed by atoms with Crippen molar-refractivity contribution in [1.82, 2.24) is 0 Å². The molecule has 0 aliphatic rings. The lowest BCUT2D eigenvalue weighted by Crippen LogP contribution is -2.19. The molecule has 1 aromatic carbocycles. The minimum Gasteiger partial charge on any atom is -0.324 e. The Labute approximate surface area is 107 Å². The second-order valence-corrected chi connectivity index (χ2v) is 4.20. The topological polar surface area (TPSA) is 26.0 Å². The lowest BCUT2D eigenvalue weighted by Gasteiger charge is -2.19. The van der Waals surface area contributed by atoms with Gasteiger partial charge in [0.2, 0.25) is 0 Å². The number of rotatable bonds is 4. The van der Waals surface area contributed by atoms with Crippen molar-refractivity contribution in [3.8, 4) is 0 Å². The van der Waals surface area contributed by atoms with Crippen molar-refractivity contribution in [3.05, 3.63) is 46.8 Å². The van der Waals surface area contributed by atoms with Crippen LogP contribution in [-0.2, 0) is 6.18 Å². The lowest BCUT2D eigenvalue weighted by atomic mass is 9.96. The fourth-order valence-corrected chi connectivity index (χ4v) is 1.78. The van der Waals surface area contributed by atoms with E-state index < -0.39 is 29.2 Å². The van der Waals surface area contributed by atoms with E-state index >= 15 is 0 Å². The van der Waals surface area contributed by atoms with Gasteiger partial charge in [0.05, 0.1) is 10.6 Å². The molecule has 0 aliphatic heterocycles. The van der Waals surface area contributed by atoms with Gasteiger partial charge in [-0.2, -0.15) is 13.2 Å². The molecule has 0 aromatic heterocycles. The summed E-state index contributed by atoms with van der Waals surface area (Å²) in [6, 6.07) is 0.552. The Morgan fingerprint density at radius 3 is 2.50 bits per heavy atom. The summed E-state index contributed by atoms with van der Waals surface area (Å²) in [6.07, 6.45) is -2.59. The first-order valence-electron chi connectivity index (χ1n) is 5.20. The largest absolute Gasteiger partial charge is 0.416 e. The van der Waals surface area contributed by atoms with Crippen molar-refractivity contribution in [3.63, 3.8) is 0 Å². The molecule has 0 fully saturated rings. The molecule has 100 valence electrons. The summed E-state index contributed by atoms with van der Waals surface area (Å²) >= 11 is 5.50. The van der Waals surface area contributed by atoms with E-state index in [0.717, 1.165) is 12.1 Å². The molecule has 0 amide bonds. The van der Waals surface area contributed by atoms with Crippen LogP contribution in [0.5, 0.6) is 0 Å². The molecule has 0 unspecified atom stereocenters. The molecule has 18 heavy (non-hydrogen) atoms. The van der Waals surface area contributed by atoms with E-state index in [1.54, 1.807) is 0 Å². The number of alkyl halides is 3. The zero-order valence-electron chi connectivity index (χ0n) is 9.40. The number of halogens is 5. The summed E-state index contributed by atoms with van der Waals surface area (Å²) in [5.74, 6) is -1.11. The van der Waals surface area contributed by atoms with Crippen LogP contribution < -0.4 is 5.73 Å². The molecule has 2 N–H and O–H groups in total. The highest BCUT2D eigenvalue weighted by Gasteiger charge is 2.36. The monoisotopic (exact) mass is 281 g/mol. The highest BCUT2D eigenvalue weighted by Crippen LogP contribution is 2.38.